The molecule has 5 rings (SSSR count). The second-order valence-corrected chi connectivity index (χ2v) is 10.1. The molecule has 0 unspecified atom stereocenters. The molecule has 0 N–H and O–H groups in total. The Labute approximate surface area is 161 Å². The third-order valence-corrected chi connectivity index (χ3v) is 8.64. The monoisotopic (exact) mass is 383 g/mol. The highest BCUT2D eigenvalue weighted by Crippen LogP contribution is 2.49. The lowest BCUT2D eigenvalue weighted by molar-refractivity contribution is -0.120. The minimum atomic E-state index is -3.46. The molecular weight excluding hydrogens is 358 g/mol. The zero-order chi connectivity index (χ0) is 18.6. The van der Waals surface area contributed by atoms with Crippen molar-refractivity contribution >= 4 is 10.0 Å². The summed E-state index contributed by atoms with van der Waals surface area (Å²) in [7, 11) is -3.46. The van der Waals surface area contributed by atoms with Gasteiger partial charge in [-0.25, -0.2) is 8.42 Å². The summed E-state index contributed by atoms with van der Waals surface area (Å²) in [5.74, 6) is 0.263. The SMILES string of the molecule is Cc1ccc(S(=O)(=O)N2CC[C@@H]3[C@@H]2CCOC32Cc3ccccc3C2)cc1. The Hall–Kier alpha value is -1.69. The second kappa shape index (κ2) is 6.16. The number of aryl methyl sites for hydroxylation is 1. The van der Waals surface area contributed by atoms with Crippen LogP contribution in [0, 0.1) is 12.8 Å². The molecule has 1 aliphatic carbocycles. The maximum Gasteiger partial charge on any atom is 0.243 e. The molecule has 2 aromatic carbocycles. The largest absolute Gasteiger partial charge is 0.374 e. The topological polar surface area (TPSA) is 46.6 Å². The van der Waals surface area contributed by atoms with Crippen LogP contribution in [0.5, 0.6) is 0 Å². The fraction of sp³-hybridized carbons (Fsp3) is 0.455. The van der Waals surface area contributed by atoms with Gasteiger partial charge >= 0.3 is 0 Å². The summed E-state index contributed by atoms with van der Waals surface area (Å²) in [6.07, 6.45) is 3.48. The highest BCUT2D eigenvalue weighted by molar-refractivity contribution is 7.89. The van der Waals surface area contributed by atoms with Crippen molar-refractivity contribution in [1.29, 1.82) is 0 Å². The van der Waals surface area contributed by atoms with Gasteiger partial charge in [0.1, 0.15) is 0 Å². The van der Waals surface area contributed by atoms with E-state index in [1.165, 1.54) is 11.1 Å². The number of benzene rings is 2. The number of fused-ring (bicyclic) bond motifs is 3. The van der Waals surface area contributed by atoms with Crippen LogP contribution in [-0.2, 0) is 27.6 Å². The standard InChI is InChI=1S/C22H25NO3S/c1-16-6-8-19(9-7-16)27(24,25)23-12-10-20-21(23)11-13-26-22(20)14-17-4-2-3-5-18(17)15-22/h2-9,20-21H,10-15H2,1H3/t20-,21+/m1/s1. The second-order valence-electron chi connectivity index (χ2n) is 8.22. The lowest BCUT2D eigenvalue weighted by Gasteiger charge is -2.44. The van der Waals surface area contributed by atoms with E-state index in [0.717, 1.165) is 31.2 Å². The third-order valence-electron chi connectivity index (χ3n) is 6.70. The molecule has 2 atom stereocenters. The van der Waals surface area contributed by atoms with Crippen LogP contribution < -0.4 is 0 Å². The molecule has 2 saturated heterocycles. The van der Waals surface area contributed by atoms with Crippen LogP contribution in [-0.4, -0.2) is 37.5 Å². The van der Waals surface area contributed by atoms with E-state index in [4.69, 9.17) is 4.74 Å². The molecular formula is C22H25NO3S. The predicted molar refractivity (Wildman–Crippen MR) is 104 cm³/mol. The van der Waals surface area contributed by atoms with Crippen molar-refractivity contribution in [1.82, 2.24) is 4.31 Å². The Morgan fingerprint density at radius 2 is 1.67 bits per heavy atom. The lowest BCUT2D eigenvalue weighted by Crippen LogP contribution is -2.53. The van der Waals surface area contributed by atoms with E-state index in [2.05, 4.69) is 24.3 Å². The van der Waals surface area contributed by atoms with E-state index in [1.807, 2.05) is 19.1 Å². The summed E-state index contributed by atoms with van der Waals surface area (Å²) < 4.78 is 34.8. The summed E-state index contributed by atoms with van der Waals surface area (Å²) in [6, 6.07) is 15.8. The summed E-state index contributed by atoms with van der Waals surface area (Å²) in [6.45, 7) is 3.20. The molecule has 1 spiro atoms. The number of ether oxygens (including phenoxy) is 1. The molecule has 5 heteroatoms. The van der Waals surface area contributed by atoms with Crippen molar-refractivity contribution in [3.05, 3.63) is 65.2 Å². The first kappa shape index (κ1) is 17.4. The van der Waals surface area contributed by atoms with Crippen LogP contribution >= 0.6 is 0 Å². The van der Waals surface area contributed by atoms with Gasteiger partial charge in [-0.3, -0.25) is 0 Å². The smallest absolute Gasteiger partial charge is 0.243 e. The first-order valence-corrected chi connectivity index (χ1v) is 11.2. The Balaban J connectivity index is 1.46. The summed E-state index contributed by atoms with van der Waals surface area (Å²) in [4.78, 5) is 0.406. The van der Waals surface area contributed by atoms with Crippen LogP contribution in [0.4, 0.5) is 0 Å². The maximum atomic E-state index is 13.3. The zero-order valence-electron chi connectivity index (χ0n) is 15.6. The van der Waals surface area contributed by atoms with Crippen LogP contribution in [0.3, 0.4) is 0 Å². The minimum Gasteiger partial charge on any atom is -0.374 e. The van der Waals surface area contributed by atoms with Gasteiger partial charge in [0, 0.05) is 38.0 Å². The number of sulfonamides is 1. The van der Waals surface area contributed by atoms with Gasteiger partial charge in [0.05, 0.1) is 10.5 Å². The maximum absolute atomic E-state index is 13.3. The number of nitrogens with zero attached hydrogens (tertiary/aromatic N) is 1. The van der Waals surface area contributed by atoms with E-state index in [-0.39, 0.29) is 17.6 Å². The van der Waals surface area contributed by atoms with Gasteiger partial charge < -0.3 is 4.74 Å². The van der Waals surface area contributed by atoms with Crippen molar-refractivity contribution < 1.29 is 13.2 Å². The van der Waals surface area contributed by atoms with Crippen molar-refractivity contribution in [2.45, 2.75) is 49.1 Å². The van der Waals surface area contributed by atoms with Crippen molar-refractivity contribution in [2.75, 3.05) is 13.2 Å². The molecule has 2 aliphatic heterocycles. The average Bonchev–Trinajstić information content (AvgIpc) is 3.25. The normalized spacial score (nSPS) is 26.9. The van der Waals surface area contributed by atoms with Gasteiger partial charge in [0.15, 0.2) is 0 Å². The van der Waals surface area contributed by atoms with E-state index in [9.17, 15) is 8.42 Å². The molecule has 0 saturated carbocycles. The van der Waals surface area contributed by atoms with Crippen molar-refractivity contribution in [2.24, 2.45) is 5.92 Å². The minimum absolute atomic E-state index is 0.0411. The quantitative estimate of drug-likeness (QED) is 0.799. The highest BCUT2D eigenvalue weighted by Gasteiger charge is 2.56. The Kier molecular flexibility index (Phi) is 3.97. The van der Waals surface area contributed by atoms with Gasteiger partial charge in [0.2, 0.25) is 10.0 Å². The van der Waals surface area contributed by atoms with Crippen LogP contribution in [0.2, 0.25) is 0 Å². The molecule has 0 aromatic heterocycles. The van der Waals surface area contributed by atoms with E-state index in [0.29, 0.717) is 18.0 Å². The van der Waals surface area contributed by atoms with Crippen LogP contribution in [0.25, 0.3) is 0 Å². The average molecular weight is 384 g/mol. The molecule has 142 valence electrons. The van der Waals surface area contributed by atoms with Crippen LogP contribution in [0.1, 0.15) is 29.5 Å². The van der Waals surface area contributed by atoms with E-state index in [1.54, 1.807) is 16.4 Å². The molecule has 2 heterocycles. The fourth-order valence-electron chi connectivity index (χ4n) is 5.39. The van der Waals surface area contributed by atoms with Gasteiger partial charge in [-0.05, 0) is 43.0 Å². The molecule has 0 amide bonds. The van der Waals surface area contributed by atoms with Gasteiger partial charge in [-0.1, -0.05) is 42.0 Å². The summed E-state index contributed by atoms with van der Waals surface area (Å²) >= 11 is 0. The van der Waals surface area contributed by atoms with Gasteiger partial charge in [0.25, 0.3) is 0 Å². The highest BCUT2D eigenvalue weighted by atomic mass is 32.2. The molecule has 27 heavy (non-hydrogen) atoms. The first-order valence-electron chi connectivity index (χ1n) is 9.79. The number of hydrogen-bond donors (Lipinski definition) is 0. The summed E-state index contributed by atoms with van der Waals surface area (Å²) in [5, 5.41) is 0. The summed E-state index contributed by atoms with van der Waals surface area (Å²) in [5.41, 5.74) is 3.56. The first-order chi connectivity index (χ1) is 13.0. The van der Waals surface area contributed by atoms with Gasteiger partial charge in [-0.2, -0.15) is 4.31 Å². The van der Waals surface area contributed by atoms with E-state index < -0.39 is 10.0 Å². The zero-order valence-corrected chi connectivity index (χ0v) is 16.4. The van der Waals surface area contributed by atoms with Gasteiger partial charge in [-0.15, -0.1) is 0 Å². The number of rotatable bonds is 2. The number of hydrogen-bond acceptors (Lipinski definition) is 3. The molecule has 4 nitrogen and oxygen atoms in total. The van der Waals surface area contributed by atoms with Crippen LogP contribution in [0.15, 0.2) is 53.4 Å². The lowest BCUT2D eigenvalue weighted by atomic mass is 9.77. The molecule has 3 aliphatic rings. The predicted octanol–water partition coefficient (Wildman–Crippen LogP) is 3.33. The third kappa shape index (κ3) is 2.67. The molecule has 2 fully saturated rings. The Morgan fingerprint density at radius 1 is 1.00 bits per heavy atom. The molecule has 2 aromatic rings. The molecule has 0 bridgehead atoms. The van der Waals surface area contributed by atoms with Crippen molar-refractivity contribution in [3.8, 4) is 0 Å². The fourth-order valence-corrected chi connectivity index (χ4v) is 7.10. The Bertz CT molecular complexity index is 942. The van der Waals surface area contributed by atoms with E-state index >= 15 is 0 Å². The molecule has 0 radical (unpaired) electrons. The van der Waals surface area contributed by atoms with Crippen molar-refractivity contribution in [3.63, 3.8) is 0 Å². The Morgan fingerprint density at radius 3 is 2.33 bits per heavy atom.